The molecule has 25 heavy (non-hydrogen) atoms. The Bertz CT molecular complexity index is 735. The fourth-order valence-corrected chi connectivity index (χ4v) is 2.62. The second kappa shape index (κ2) is 9.18. The Hall–Kier alpha value is -2.40. The summed E-state index contributed by atoms with van der Waals surface area (Å²) in [6.45, 7) is 4.92. The Balaban J connectivity index is 1.86. The lowest BCUT2D eigenvalue weighted by Gasteiger charge is -2.12. The number of urea groups is 1. The number of ether oxygens (including phenoxy) is 2. The molecule has 5 nitrogen and oxygen atoms in total. The minimum absolute atomic E-state index is 0.247. The second-order valence-electron chi connectivity index (χ2n) is 5.51. The lowest BCUT2D eigenvalue weighted by Crippen LogP contribution is -2.30. The van der Waals surface area contributed by atoms with Crippen molar-refractivity contribution in [2.45, 2.75) is 20.3 Å². The van der Waals surface area contributed by atoms with Gasteiger partial charge in [0.05, 0.1) is 13.7 Å². The molecule has 2 aromatic carbocycles. The predicted molar refractivity (Wildman–Crippen MR) is 101 cm³/mol. The van der Waals surface area contributed by atoms with E-state index in [1.165, 1.54) is 0 Å². The number of aryl methyl sites for hydroxylation is 1. The largest absolute Gasteiger partial charge is 0.493 e. The number of anilines is 1. The van der Waals surface area contributed by atoms with Gasteiger partial charge in [0.15, 0.2) is 11.5 Å². The van der Waals surface area contributed by atoms with E-state index >= 15 is 0 Å². The van der Waals surface area contributed by atoms with Crippen LogP contribution in [0.1, 0.15) is 18.1 Å². The maximum absolute atomic E-state index is 12.0. The third-order valence-electron chi connectivity index (χ3n) is 3.66. The number of nitrogens with one attached hydrogen (secondary N) is 2. The summed E-state index contributed by atoms with van der Waals surface area (Å²) in [7, 11) is 1.61. The van der Waals surface area contributed by atoms with Crippen LogP contribution in [0.15, 0.2) is 36.4 Å². The number of methoxy groups -OCH3 is 1. The summed E-state index contributed by atoms with van der Waals surface area (Å²) in [5, 5.41) is 6.31. The summed E-state index contributed by atoms with van der Waals surface area (Å²) in [6, 6.07) is 10.9. The van der Waals surface area contributed by atoms with E-state index in [2.05, 4.69) is 10.6 Å². The molecule has 2 amide bonds. The van der Waals surface area contributed by atoms with Crippen molar-refractivity contribution < 1.29 is 14.3 Å². The zero-order chi connectivity index (χ0) is 18.2. The molecule has 2 aromatic rings. The molecule has 0 atom stereocenters. The molecule has 2 N–H and O–H groups in total. The van der Waals surface area contributed by atoms with Gasteiger partial charge in [0, 0.05) is 17.3 Å². The number of carbonyl (C=O) groups is 1. The zero-order valence-corrected chi connectivity index (χ0v) is 15.4. The number of hydrogen-bond acceptors (Lipinski definition) is 3. The van der Waals surface area contributed by atoms with Crippen LogP contribution in [-0.4, -0.2) is 26.3 Å². The average molecular weight is 363 g/mol. The summed E-state index contributed by atoms with van der Waals surface area (Å²) < 4.78 is 10.8. The van der Waals surface area contributed by atoms with E-state index in [-0.39, 0.29) is 6.03 Å². The van der Waals surface area contributed by atoms with Crippen LogP contribution in [0.25, 0.3) is 0 Å². The van der Waals surface area contributed by atoms with Crippen molar-refractivity contribution in [2.75, 3.05) is 25.6 Å². The third kappa shape index (κ3) is 5.57. The van der Waals surface area contributed by atoms with E-state index in [9.17, 15) is 4.79 Å². The van der Waals surface area contributed by atoms with E-state index < -0.39 is 0 Å². The molecule has 0 bridgehead atoms. The molecule has 134 valence electrons. The monoisotopic (exact) mass is 362 g/mol. The standard InChI is InChI=1S/C19H23ClN2O3/c1-4-25-17-8-5-14(12-18(17)24-3)9-10-21-19(23)22-16-7-6-15(20)11-13(16)2/h5-8,11-12H,4,9-10H2,1-3H3,(H2,21,22,23). The molecular weight excluding hydrogens is 340 g/mol. The molecular formula is C19H23ClN2O3. The maximum atomic E-state index is 12.0. The van der Waals surface area contributed by atoms with Crippen LogP contribution < -0.4 is 20.1 Å². The Morgan fingerprint density at radius 2 is 1.96 bits per heavy atom. The first kappa shape index (κ1) is 18.9. The molecule has 0 radical (unpaired) electrons. The smallest absolute Gasteiger partial charge is 0.319 e. The molecule has 2 rings (SSSR count). The Morgan fingerprint density at radius 3 is 2.64 bits per heavy atom. The molecule has 0 aliphatic heterocycles. The van der Waals surface area contributed by atoms with Crippen LogP contribution in [-0.2, 0) is 6.42 Å². The molecule has 0 heterocycles. The van der Waals surface area contributed by atoms with Gasteiger partial charge in [0.2, 0.25) is 0 Å². The van der Waals surface area contributed by atoms with Crippen LogP contribution >= 0.6 is 11.6 Å². The number of benzene rings is 2. The molecule has 0 spiro atoms. The highest BCUT2D eigenvalue weighted by molar-refractivity contribution is 6.30. The first-order valence-corrected chi connectivity index (χ1v) is 8.52. The molecule has 0 aliphatic rings. The zero-order valence-electron chi connectivity index (χ0n) is 14.7. The SMILES string of the molecule is CCOc1ccc(CCNC(=O)Nc2ccc(Cl)cc2C)cc1OC. The van der Waals surface area contributed by atoms with E-state index in [0.717, 1.165) is 22.6 Å². The first-order valence-electron chi connectivity index (χ1n) is 8.14. The summed E-state index contributed by atoms with van der Waals surface area (Å²) in [5.74, 6) is 1.42. The molecule has 0 saturated heterocycles. The molecule has 0 unspecified atom stereocenters. The van der Waals surface area contributed by atoms with Crippen LogP contribution in [0.2, 0.25) is 5.02 Å². The summed E-state index contributed by atoms with van der Waals surface area (Å²) in [6.07, 6.45) is 0.690. The Kier molecular flexibility index (Phi) is 6.95. The van der Waals surface area contributed by atoms with Gasteiger partial charge in [0.25, 0.3) is 0 Å². The van der Waals surface area contributed by atoms with Gasteiger partial charge >= 0.3 is 6.03 Å². The van der Waals surface area contributed by atoms with Crippen molar-refractivity contribution >= 4 is 23.3 Å². The van der Waals surface area contributed by atoms with Crippen molar-refractivity contribution in [3.63, 3.8) is 0 Å². The normalized spacial score (nSPS) is 10.2. The van der Waals surface area contributed by atoms with Crippen LogP contribution in [0.3, 0.4) is 0 Å². The van der Waals surface area contributed by atoms with Gasteiger partial charge in [-0.3, -0.25) is 0 Å². The van der Waals surface area contributed by atoms with E-state index in [1.807, 2.05) is 38.1 Å². The fourth-order valence-electron chi connectivity index (χ4n) is 2.40. The van der Waals surface area contributed by atoms with Crippen LogP contribution in [0.4, 0.5) is 10.5 Å². The third-order valence-corrected chi connectivity index (χ3v) is 3.90. The Morgan fingerprint density at radius 1 is 1.16 bits per heavy atom. The number of carbonyl (C=O) groups excluding carboxylic acids is 1. The van der Waals surface area contributed by atoms with Gasteiger partial charge in [0.1, 0.15) is 0 Å². The van der Waals surface area contributed by atoms with E-state index in [0.29, 0.717) is 30.3 Å². The molecule has 0 fully saturated rings. The average Bonchev–Trinajstić information content (AvgIpc) is 2.59. The van der Waals surface area contributed by atoms with Gasteiger partial charge in [-0.2, -0.15) is 0 Å². The second-order valence-corrected chi connectivity index (χ2v) is 5.94. The quantitative estimate of drug-likeness (QED) is 0.766. The lowest BCUT2D eigenvalue weighted by molar-refractivity contribution is 0.252. The topological polar surface area (TPSA) is 59.6 Å². The summed E-state index contributed by atoms with van der Waals surface area (Å²) >= 11 is 5.91. The highest BCUT2D eigenvalue weighted by Gasteiger charge is 2.07. The molecule has 0 aromatic heterocycles. The summed E-state index contributed by atoms with van der Waals surface area (Å²) in [4.78, 5) is 12.0. The van der Waals surface area contributed by atoms with Crippen molar-refractivity contribution in [2.24, 2.45) is 0 Å². The van der Waals surface area contributed by atoms with Gasteiger partial charge in [-0.05, 0) is 61.7 Å². The van der Waals surface area contributed by atoms with Crippen molar-refractivity contribution in [1.82, 2.24) is 5.32 Å². The molecule has 0 aliphatic carbocycles. The van der Waals surface area contributed by atoms with Crippen LogP contribution in [0, 0.1) is 6.92 Å². The lowest BCUT2D eigenvalue weighted by atomic mass is 10.1. The van der Waals surface area contributed by atoms with Gasteiger partial charge in [-0.25, -0.2) is 4.79 Å². The van der Waals surface area contributed by atoms with Gasteiger partial charge in [-0.1, -0.05) is 17.7 Å². The number of halogens is 1. The van der Waals surface area contributed by atoms with Crippen molar-refractivity contribution in [1.29, 1.82) is 0 Å². The van der Waals surface area contributed by atoms with Gasteiger partial charge < -0.3 is 20.1 Å². The minimum Gasteiger partial charge on any atom is -0.493 e. The van der Waals surface area contributed by atoms with E-state index in [4.69, 9.17) is 21.1 Å². The fraction of sp³-hybridized carbons (Fsp3) is 0.316. The van der Waals surface area contributed by atoms with Crippen LogP contribution in [0.5, 0.6) is 11.5 Å². The Labute approximate surface area is 153 Å². The van der Waals surface area contributed by atoms with Crippen molar-refractivity contribution in [3.8, 4) is 11.5 Å². The summed E-state index contributed by atoms with van der Waals surface area (Å²) in [5.41, 5.74) is 2.71. The molecule has 6 heteroatoms. The molecule has 0 saturated carbocycles. The minimum atomic E-state index is -0.247. The highest BCUT2D eigenvalue weighted by Crippen LogP contribution is 2.28. The number of hydrogen-bond donors (Lipinski definition) is 2. The van der Waals surface area contributed by atoms with E-state index in [1.54, 1.807) is 19.2 Å². The number of amides is 2. The highest BCUT2D eigenvalue weighted by atomic mass is 35.5. The van der Waals surface area contributed by atoms with Crippen molar-refractivity contribution in [3.05, 3.63) is 52.5 Å². The number of rotatable bonds is 7. The van der Waals surface area contributed by atoms with Gasteiger partial charge in [-0.15, -0.1) is 0 Å². The predicted octanol–water partition coefficient (Wildman–Crippen LogP) is 4.42. The first-order chi connectivity index (χ1) is 12.0. The maximum Gasteiger partial charge on any atom is 0.319 e.